The molecule has 1 aromatic carbocycles. The zero-order valence-corrected chi connectivity index (χ0v) is 12.7. The van der Waals surface area contributed by atoms with Gasteiger partial charge in [-0.2, -0.15) is 0 Å². The molecule has 19 heavy (non-hydrogen) atoms. The van der Waals surface area contributed by atoms with Crippen LogP contribution >= 0.6 is 28.3 Å². The van der Waals surface area contributed by atoms with E-state index in [1.54, 1.807) is 0 Å². The molecule has 0 atom stereocenters. The van der Waals surface area contributed by atoms with E-state index in [2.05, 4.69) is 31.6 Å². The molecule has 3 rings (SSSR count). The normalized spacial score (nSPS) is 20.7. The molecule has 1 spiro atoms. The summed E-state index contributed by atoms with van der Waals surface area (Å²) in [6, 6.07) is 7.83. The predicted molar refractivity (Wildman–Crippen MR) is 80.9 cm³/mol. The number of amidine groups is 1. The van der Waals surface area contributed by atoms with Gasteiger partial charge in [0.05, 0.1) is 0 Å². The molecular weight excluding hydrogens is 330 g/mol. The summed E-state index contributed by atoms with van der Waals surface area (Å²) >= 11 is 3.40. The van der Waals surface area contributed by atoms with Crippen LogP contribution in [0.2, 0.25) is 0 Å². The molecule has 0 aromatic heterocycles. The number of carbonyl (C=O) groups is 1. The largest absolute Gasteiger partial charge is 0.317 e. The molecule has 0 bridgehead atoms. The predicted octanol–water partition coefficient (Wildman–Crippen LogP) is 1.87. The Morgan fingerprint density at radius 2 is 1.79 bits per heavy atom. The Labute approximate surface area is 126 Å². The van der Waals surface area contributed by atoms with Gasteiger partial charge in [0, 0.05) is 10.0 Å². The molecule has 1 saturated heterocycles. The quantitative estimate of drug-likeness (QED) is 0.817. The summed E-state index contributed by atoms with van der Waals surface area (Å²) < 4.78 is 1.02. The van der Waals surface area contributed by atoms with Gasteiger partial charge in [-0.1, -0.05) is 28.1 Å². The number of carbonyl (C=O) groups excluding carboxylic acids is 1. The maximum absolute atomic E-state index is 12.1. The van der Waals surface area contributed by atoms with Crippen molar-refractivity contribution in [2.75, 3.05) is 13.1 Å². The highest BCUT2D eigenvalue weighted by Gasteiger charge is 2.44. The Balaban J connectivity index is 0.00000133. The molecule has 6 heteroatoms. The lowest BCUT2D eigenvalue weighted by atomic mass is 9.89. The third kappa shape index (κ3) is 2.68. The Hall–Kier alpha value is -0.910. The number of rotatable bonds is 1. The first-order valence-corrected chi connectivity index (χ1v) is 6.87. The van der Waals surface area contributed by atoms with Gasteiger partial charge in [-0.3, -0.25) is 9.79 Å². The van der Waals surface area contributed by atoms with Crippen LogP contribution in [0.4, 0.5) is 0 Å². The van der Waals surface area contributed by atoms with Gasteiger partial charge in [0.2, 0.25) is 0 Å². The monoisotopic (exact) mass is 343 g/mol. The van der Waals surface area contributed by atoms with Gasteiger partial charge >= 0.3 is 0 Å². The molecule has 1 aromatic rings. The maximum atomic E-state index is 12.1. The summed E-state index contributed by atoms with van der Waals surface area (Å²) in [5.41, 5.74) is 0.426. The van der Waals surface area contributed by atoms with Gasteiger partial charge in [-0.15, -0.1) is 12.4 Å². The zero-order valence-electron chi connectivity index (χ0n) is 10.3. The van der Waals surface area contributed by atoms with Crippen LogP contribution in [0.5, 0.6) is 0 Å². The van der Waals surface area contributed by atoms with Gasteiger partial charge < -0.3 is 10.6 Å². The van der Waals surface area contributed by atoms with Crippen molar-refractivity contribution in [2.24, 2.45) is 4.99 Å². The Morgan fingerprint density at radius 3 is 2.42 bits per heavy atom. The summed E-state index contributed by atoms with van der Waals surface area (Å²) in [4.78, 5) is 16.8. The molecule has 1 fully saturated rings. The second-order valence-electron chi connectivity index (χ2n) is 4.70. The molecule has 2 N–H and O–H groups in total. The maximum Gasteiger partial charge on any atom is 0.253 e. The fraction of sp³-hybridized carbons (Fsp3) is 0.385. The molecule has 4 nitrogen and oxygen atoms in total. The van der Waals surface area contributed by atoms with E-state index in [-0.39, 0.29) is 18.3 Å². The molecule has 2 aliphatic rings. The average molecular weight is 345 g/mol. The van der Waals surface area contributed by atoms with Gasteiger partial charge in [-0.05, 0) is 38.1 Å². The molecule has 2 heterocycles. The van der Waals surface area contributed by atoms with E-state index >= 15 is 0 Å². The standard InChI is InChI=1S/C13H14BrN3O.ClH/c14-10-3-1-9(2-4-10)11-16-12(18)13(17-11)5-7-15-8-6-13;/h1-4,15H,5-8H2,(H,16,17,18);1H. The molecule has 0 aliphatic carbocycles. The second-order valence-corrected chi connectivity index (χ2v) is 5.62. The molecule has 0 radical (unpaired) electrons. The first-order valence-electron chi connectivity index (χ1n) is 6.08. The van der Waals surface area contributed by atoms with E-state index in [9.17, 15) is 4.79 Å². The lowest BCUT2D eigenvalue weighted by Gasteiger charge is -2.28. The average Bonchev–Trinajstić information content (AvgIpc) is 2.69. The highest BCUT2D eigenvalue weighted by molar-refractivity contribution is 9.10. The second kappa shape index (κ2) is 5.61. The number of amides is 1. The van der Waals surface area contributed by atoms with E-state index < -0.39 is 5.54 Å². The Bertz CT molecular complexity index is 509. The third-order valence-corrected chi connectivity index (χ3v) is 4.06. The number of piperidine rings is 1. The third-order valence-electron chi connectivity index (χ3n) is 3.53. The fourth-order valence-electron chi connectivity index (χ4n) is 2.44. The van der Waals surface area contributed by atoms with Crippen LogP contribution in [0, 0.1) is 0 Å². The molecule has 0 unspecified atom stereocenters. The van der Waals surface area contributed by atoms with Crippen LogP contribution < -0.4 is 10.6 Å². The van der Waals surface area contributed by atoms with Crippen LogP contribution in [0.3, 0.4) is 0 Å². The van der Waals surface area contributed by atoms with Crippen LogP contribution in [0.15, 0.2) is 33.7 Å². The minimum absolute atomic E-state index is 0. The molecule has 2 aliphatic heterocycles. The number of benzene rings is 1. The van der Waals surface area contributed by atoms with Crippen molar-refractivity contribution in [1.82, 2.24) is 10.6 Å². The van der Waals surface area contributed by atoms with E-state index in [1.807, 2.05) is 24.3 Å². The summed E-state index contributed by atoms with van der Waals surface area (Å²) in [7, 11) is 0. The number of aliphatic imine (C=N–C) groups is 1. The van der Waals surface area contributed by atoms with Gasteiger partial charge in [0.25, 0.3) is 5.91 Å². The van der Waals surface area contributed by atoms with Crippen LogP contribution in [-0.2, 0) is 4.79 Å². The van der Waals surface area contributed by atoms with Crippen molar-refractivity contribution in [3.63, 3.8) is 0 Å². The van der Waals surface area contributed by atoms with Gasteiger partial charge in [0.1, 0.15) is 11.4 Å². The summed E-state index contributed by atoms with van der Waals surface area (Å²) in [6.07, 6.45) is 1.55. The van der Waals surface area contributed by atoms with Crippen molar-refractivity contribution in [2.45, 2.75) is 18.4 Å². The van der Waals surface area contributed by atoms with E-state index in [1.165, 1.54) is 0 Å². The highest BCUT2D eigenvalue weighted by Crippen LogP contribution is 2.28. The van der Waals surface area contributed by atoms with E-state index in [4.69, 9.17) is 0 Å². The Kier molecular flexibility index (Phi) is 4.28. The number of nitrogens with one attached hydrogen (secondary N) is 2. The van der Waals surface area contributed by atoms with Crippen molar-refractivity contribution < 1.29 is 4.79 Å². The minimum atomic E-state index is -0.534. The van der Waals surface area contributed by atoms with E-state index in [0.29, 0.717) is 5.84 Å². The Morgan fingerprint density at radius 1 is 1.16 bits per heavy atom. The van der Waals surface area contributed by atoms with E-state index in [0.717, 1.165) is 36.0 Å². The van der Waals surface area contributed by atoms with Crippen LogP contribution in [-0.4, -0.2) is 30.4 Å². The zero-order chi connectivity index (χ0) is 12.6. The minimum Gasteiger partial charge on any atom is -0.317 e. The highest BCUT2D eigenvalue weighted by atomic mass is 79.9. The summed E-state index contributed by atoms with van der Waals surface area (Å²) in [5.74, 6) is 0.747. The lowest BCUT2D eigenvalue weighted by Crippen LogP contribution is -2.47. The van der Waals surface area contributed by atoms with Gasteiger partial charge in [-0.25, -0.2) is 0 Å². The molecule has 0 saturated carbocycles. The summed E-state index contributed by atoms with van der Waals surface area (Å²) in [6.45, 7) is 1.70. The number of nitrogens with zero attached hydrogens (tertiary/aromatic N) is 1. The first-order chi connectivity index (χ1) is 8.70. The topological polar surface area (TPSA) is 53.5 Å². The van der Waals surface area contributed by atoms with Crippen molar-refractivity contribution in [3.05, 3.63) is 34.3 Å². The van der Waals surface area contributed by atoms with Crippen LogP contribution in [0.1, 0.15) is 18.4 Å². The smallest absolute Gasteiger partial charge is 0.253 e. The fourth-order valence-corrected chi connectivity index (χ4v) is 2.70. The molecule has 1 amide bonds. The van der Waals surface area contributed by atoms with Gasteiger partial charge in [0.15, 0.2) is 0 Å². The first kappa shape index (κ1) is 14.5. The molecular formula is C13H15BrClN3O. The van der Waals surface area contributed by atoms with Crippen LogP contribution in [0.25, 0.3) is 0 Å². The lowest BCUT2D eigenvalue weighted by molar-refractivity contribution is -0.124. The summed E-state index contributed by atoms with van der Waals surface area (Å²) in [5, 5.41) is 6.18. The van der Waals surface area contributed by atoms with Crippen molar-refractivity contribution in [3.8, 4) is 0 Å². The SMILES string of the molecule is Cl.O=C1NC(c2ccc(Br)cc2)=NC12CCNCC2. The van der Waals surface area contributed by atoms with Crippen molar-refractivity contribution >= 4 is 40.1 Å². The van der Waals surface area contributed by atoms with Crippen molar-refractivity contribution in [1.29, 1.82) is 0 Å². The molecule has 102 valence electrons. The number of halogens is 2. The number of hydrogen-bond acceptors (Lipinski definition) is 3. The number of hydrogen-bond donors (Lipinski definition) is 2.